The van der Waals surface area contributed by atoms with Crippen molar-refractivity contribution in [2.45, 2.75) is 19.4 Å². The van der Waals surface area contributed by atoms with Gasteiger partial charge in [-0.2, -0.15) is 0 Å². The monoisotopic (exact) mass is 298 g/mol. The topological polar surface area (TPSA) is 63.6 Å². The molecule has 0 fully saturated rings. The van der Waals surface area contributed by atoms with Gasteiger partial charge in [0, 0.05) is 6.42 Å². The summed E-state index contributed by atoms with van der Waals surface area (Å²) in [5.41, 5.74) is 0.914. The number of hydrogen-bond donors (Lipinski definition) is 1. The molecule has 0 aliphatic heterocycles. The van der Waals surface area contributed by atoms with Crippen molar-refractivity contribution in [3.05, 3.63) is 54.1 Å². The molecule has 1 N–H and O–H groups in total. The van der Waals surface area contributed by atoms with E-state index in [1.165, 1.54) is 6.08 Å². The number of aliphatic hydroxyl groups excluding tert-OH is 1. The van der Waals surface area contributed by atoms with Crippen LogP contribution in [0.25, 0.3) is 16.8 Å². The van der Waals surface area contributed by atoms with E-state index < -0.39 is 12.1 Å². The number of rotatable bonds is 6. The fraction of sp³-hybridized carbons (Fsp3) is 0.222. The minimum atomic E-state index is -1.41. The van der Waals surface area contributed by atoms with Crippen LogP contribution >= 0.6 is 0 Å². The van der Waals surface area contributed by atoms with E-state index in [9.17, 15) is 14.7 Å². The molecule has 0 bridgehead atoms. The molecule has 114 valence electrons. The Hall–Kier alpha value is -2.46. The maximum atomic E-state index is 11.8. The summed E-state index contributed by atoms with van der Waals surface area (Å²) in [6.45, 7) is 1.82. The largest absolute Gasteiger partial charge is 0.464 e. The van der Waals surface area contributed by atoms with Crippen LogP contribution in [0.2, 0.25) is 0 Å². The predicted octanol–water partition coefficient (Wildman–Crippen LogP) is 2.74. The zero-order valence-corrected chi connectivity index (χ0v) is 12.4. The number of carbonyl (C=O) groups excluding carboxylic acids is 2. The lowest BCUT2D eigenvalue weighted by atomic mass is 10.0. The molecule has 22 heavy (non-hydrogen) atoms. The molecule has 0 amide bonds. The fourth-order valence-corrected chi connectivity index (χ4v) is 2.16. The highest BCUT2D eigenvalue weighted by Gasteiger charge is 2.18. The molecule has 0 saturated carbocycles. The van der Waals surface area contributed by atoms with E-state index in [2.05, 4.69) is 4.74 Å². The Morgan fingerprint density at radius 1 is 1.18 bits per heavy atom. The molecule has 2 rings (SSSR count). The summed E-state index contributed by atoms with van der Waals surface area (Å²) in [4.78, 5) is 23.1. The van der Waals surface area contributed by atoms with Crippen LogP contribution in [0.15, 0.2) is 48.5 Å². The Labute approximate surface area is 129 Å². The third-order valence-corrected chi connectivity index (χ3v) is 3.23. The van der Waals surface area contributed by atoms with Crippen LogP contribution in [0.5, 0.6) is 0 Å². The van der Waals surface area contributed by atoms with Crippen LogP contribution in [-0.2, 0) is 14.3 Å². The average molecular weight is 298 g/mol. The van der Waals surface area contributed by atoms with Crippen molar-refractivity contribution < 1.29 is 19.4 Å². The minimum Gasteiger partial charge on any atom is -0.464 e. The molecule has 0 heterocycles. The van der Waals surface area contributed by atoms with E-state index in [4.69, 9.17) is 0 Å². The zero-order valence-electron chi connectivity index (χ0n) is 12.4. The van der Waals surface area contributed by atoms with Gasteiger partial charge in [-0.25, -0.2) is 4.79 Å². The normalized spacial score (nSPS) is 12.5. The second-order valence-corrected chi connectivity index (χ2v) is 4.84. The SMILES string of the molecule is CCOC(=O)[C@@H](O)CC(=O)/C=C/c1cccc2ccccc12. The number of ether oxygens (including phenoxy) is 1. The molecule has 0 saturated heterocycles. The molecule has 2 aromatic carbocycles. The summed E-state index contributed by atoms with van der Waals surface area (Å²) in [5.74, 6) is -1.09. The van der Waals surface area contributed by atoms with Crippen LogP contribution in [-0.4, -0.2) is 29.6 Å². The highest BCUT2D eigenvalue weighted by molar-refractivity contribution is 5.99. The molecule has 0 aliphatic rings. The summed E-state index contributed by atoms with van der Waals surface area (Å²) in [6.07, 6.45) is 1.39. The van der Waals surface area contributed by atoms with Gasteiger partial charge in [0.05, 0.1) is 6.61 Å². The predicted molar refractivity (Wildman–Crippen MR) is 85.2 cm³/mol. The maximum Gasteiger partial charge on any atom is 0.335 e. The zero-order chi connectivity index (χ0) is 15.9. The minimum absolute atomic E-state index is 0.177. The first-order valence-corrected chi connectivity index (χ1v) is 7.15. The molecule has 0 unspecified atom stereocenters. The van der Waals surface area contributed by atoms with Gasteiger partial charge in [0.25, 0.3) is 0 Å². The third-order valence-electron chi connectivity index (χ3n) is 3.23. The lowest BCUT2D eigenvalue weighted by Gasteiger charge is -2.07. The standard InChI is InChI=1S/C18H18O4/c1-2-22-18(21)17(20)12-15(19)11-10-14-8-5-7-13-6-3-4-9-16(13)14/h3-11,17,20H,2,12H2,1H3/b11-10+/t17-/m0/s1. The van der Waals surface area contributed by atoms with Crippen molar-refractivity contribution in [3.8, 4) is 0 Å². The smallest absolute Gasteiger partial charge is 0.335 e. The Bertz CT molecular complexity index is 698. The highest BCUT2D eigenvalue weighted by atomic mass is 16.5. The quantitative estimate of drug-likeness (QED) is 0.658. The van der Waals surface area contributed by atoms with Gasteiger partial charge < -0.3 is 9.84 Å². The number of allylic oxidation sites excluding steroid dienone is 1. The Kier molecular flexibility index (Phi) is 5.44. The first-order chi connectivity index (χ1) is 10.6. The van der Waals surface area contributed by atoms with Gasteiger partial charge in [-0.3, -0.25) is 4.79 Å². The summed E-state index contributed by atoms with van der Waals surface area (Å²) < 4.78 is 4.66. The van der Waals surface area contributed by atoms with E-state index in [0.29, 0.717) is 0 Å². The maximum absolute atomic E-state index is 11.8. The molecule has 0 aliphatic carbocycles. The van der Waals surface area contributed by atoms with Gasteiger partial charge >= 0.3 is 5.97 Å². The molecular formula is C18H18O4. The third kappa shape index (κ3) is 4.02. The fourth-order valence-electron chi connectivity index (χ4n) is 2.16. The van der Waals surface area contributed by atoms with Crippen molar-refractivity contribution in [2.75, 3.05) is 6.61 Å². The van der Waals surface area contributed by atoms with Gasteiger partial charge in [-0.05, 0) is 29.3 Å². The van der Waals surface area contributed by atoms with E-state index in [0.717, 1.165) is 16.3 Å². The van der Waals surface area contributed by atoms with Crippen molar-refractivity contribution in [1.82, 2.24) is 0 Å². The van der Waals surface area contributed by atoms with Crippen LogP contribution in [0.4, 0.5) is 0 Å². The second kappa shape index (κ2) is 7.52. The number of ketones is 1. The molecule has 0 radical (unpaired) electrons. The van der Waals surface area contributed by atoms with E-state index >= 15 is 0 Å². The van der Waals surface area contributed by atoms with E-state index in [1.807, 2.05) is 42.5 Å². The molecule has 0 spiro atoms. The Morgan fingerprint density at radius 2 is 1.91 bits per heavy atom. The first-order valence-electron chi connectivity index (χ1n) is 7.15. The van der Waals surface area contributed by atoms with Gasteiger partial charge in [0.1, 0.15) is 0 Å². The molecule has 4 nitrogen and oxygen atoms in total. The van der Waals surface area contributed by atoms with Crippen molar-refractivity contribution in [2.24, 2.45) is 0 Å². The molecule has 4 heteroatoms. The number of benzene rings is 2. The second-order valence-electron chi connectivity index (χ2n) is 4.84. The lowest BCUT2D eigenvalue weighted by Crippen LogP contribution is -2.25. The molecule has 0 aromatic heterocycles. The number of hydrogen-bond acceptors (Lipinski definition) is 4. The van der Waals surface area contributed by atoms with Gasteiger partial charge in [0.2, 0.25) is 0 Å². The number of aliphatic hydroxyl groups is 1. The summed E-state index contributed by atoms with van der Waals surface area (Å²) in [7, 11) is 0. The summed E-state index contributed by atoms with van der Waals surface area (Å²) in [6, 6.07) is 13.7. The molecule has 2 aromatic rings. The Balaban J connectivity index is 2.07. The molecular weight excluding hydrogens is 280 g/mol. The number of fused-ring (bicyclic) bond motifs is 1. The van der Waals surface area contributed by atoms with Crippen LogP contribution in [0.1, 0.15) is 18.9 Å². The lowest BCUT2D eigenvalue weighted by molar-refractivity contribution is -0.154. The van der Waals surface area contributed by atoms with Gasteiger partial charge in [-0.1, -0.05) is 48.5 Å². The van der Waals surface area contributed by atoms with Gasteiger partial charge in [0.15, 0.2) is 11.9 Å². The van der Waals surface area contributed by atoms with Crippen LogP contribution in [0.3, 0.4) is 0 Å². The van der Waals surface area contributed by atoms with Gasteiger partial charge in [-0.15, -0.1) is 0 Å². The Morgan fingerprint density at radius 3 is 2.68 bits per heavy atom. The van der Waals surface area contributed by atoms with E-state index in [1.54, 1.807) is 13.0 Å². The van der Waals surface area contributed by atoms with Crippen molar-refractivity contribution >= 4 is 28.6 Å². The average Bonchev–Trinajstić information content (AvgIpc) is 2.53. The van der Waals surface area contributed by atoms with E-state index in [-0.39, 0.29) is 18.8 Å². The van der Waals surface area contributed by atoms with Crippen molar-refractivity contribution in [1.29, 1.82) is 0 Å². The van der Waals surface area contributed by atoms with Crippen LogP contribution < -0.4 is 0 Å². The first kappa shape index (κ1) is 15.9. The summed E-state index contributed by atoms with van der Waals surface area (Å²) >= 11 is 0. The number of esters is 1. The van der Waals surface area contributed by atoms with Crippen LogP contribution in [0, 0.1) is 0 Å². The highest BCUT2D eigenvalue weighted by Crippen LogP contribution is 2.19. The van der Waals surface area contributed by atoms with Crippen molar-refractivity contribution in [3.63, 3.8) is 0 Å². The summed E-state index contributed by atoms with van der Waals surface area (Å²) in [5, 5.41) is 11.7. The molecule has 1 atom stereocenters. The number of carbonyl (C=O) groups is 2.